The van der Waals surface area contributed by atoms with E-state index < -0.39 is 0 Å². The van der Waals surface area contributed by atoms with Crippen LogP contribution in [0.5, 0.6) is 0 Å². The van der Waals surface area contributed by atoms with Gasteiger partial charge < -0.3 is 5.32 Å². The molecule has 3 nitrogen and oxygen atoms in total. The van der Waals surface area contributed by atoms with E-state index in [1.165, 1.54) is 12.0 Å². The van der Waals surface area contributed by atoms with Gasteiger partial charge in [0.2, 0.25) is 5.91 Å². The van der Waals surface area contributed by atoms with E-state index in [-0.39, 0.29) is 29.8 Å². The number of anilines is 1. The zero-order valence-electron chi connectivity index (χ0n) is 14.1. The van der Waals surface area contributed by atoms with Gasteiger partial charge in [0.15, 0.2) is 0 Å². The number of para-hydroxylation sites is 1. The maximum absolute atomic E-state index is 12.5. The molecule has 25 heavy (non-hydrogen) atoms. The maximum atomic E-state index is 12.5. The summed E-state index contributed by atoms with van der Waals surface area (Å²) in [5.41, 5.74) is 2.44. The van der Waals surface area contributed by atoms with Crippen LogP contribution in [0.1, 0.15) is 18.9 Å². The van der Waals surface area contributed by atoms with Crippen molar-refractivity contribution in [1.29, 1.82) is 0 Å². The molecule has 2 aromatic rings. The van der Waals surface area contributed by atoms with Crippen molar-refractivity contribution in [2.24, 2.45) is 5.92 Å². The van der Waals surface area contributed by atoms with E-state index in [0.29, 0.717) is 5.92 Å². The molecule has 3 atom stereocenters. The quantitative estimate of drug-likeness (QED) is 0.859. The average Bonchev–Trinajstić information content (AvgIpc) is 3.17. The van der Waals surface area contributed by atoms with E-state index in [4.69, 9.17) is 11.6 Å². The van der Waals surface area contributed by atoms with E-state index in [0.717, 1.165) is 23.8 Å². The molecule has 2 aromatic carbocycles. The predicted octanol–water partition coefficient (Wildman–Crippen LogP) is 4.36. The number of rotatable bonds is 4. The molecule has 0 aromatic heterocycles. The summed E-state index contributed by atoms with van der Waals surface area (Å²) in [4.78, 5) is 14.8. The number of hydrogen-bond donors (Lipinski definition) is 1. The predicted molar refractivity (Wildman–Crippen MR) is 105 cm³/mol. The van der Waals surface area contributed by atoms with Crippen molar-refractivity contribution in [3.8, 4) is 0 Å². The highest BCUT2D eigenvalue weighted by molar-refractivity contribution is 6.30. The second kappa shape index (κ2) is 6.99. The number of carbonyl (C=O) groups excluding carboxylic acids is 1. The number of halogens is 2. The summed E-state index contributed by atoms with van der Waals surface area (Å²) < 4.78 is 0. The van der Waals surface area contributed by atoms with Crippen LogP contribution < -0.4 is 5.32 Å². The highest BCUT2D eigenvalue weighted by atomic mass is 35.5. The van der Waals surface area contributed by atoms with Crippen LogP contribution in [0.3, 0.4) is 0 Å². The lowest BCUT2D eigenvalue weighted by Crippen LogP contribution is -2.42. The fourth-order valence-corrected chi connectivity index (χ4v) is 4.11. The molecular formula is C20H22Cl2N2O. The number of amides is 1. The largest absolute Gasteiger partial charge is 0.325 e. The van der Waals surface area contributed by atoms with Crippen LogP contribution in [0.15, 0.2) is 54.6 Å². The van der Waals surface area contributed by atoms with Gasteiger partial charge in [-0.2, -0.15) is 0 Å². The first-order valence-corrected chi connectivity index (χ1v) is 8.82. The number of fused-ring (bicyclic) bond motifs is 1. The molecular weight excluding hydrogens is 355 g/mol. The number of likely N-dealkylation sites (tertiary alicyclic amines) is 1. The van der Waals surface area contributed by atoms with Crippen LogP contribution in [0.2, 0.25) is 5.02 Å². The number of hydrogen-bond acceptors (Lipinski definition) is 2. The molecule has 2 fully saturated rings. The smallest absolute Gasteiger partial charge is 0.241 e. The van der Waals surface area contributed by atoms with E-state index in [2.05, 4.69) is 22.3 Å². The third-order valence-electron chi connectivity index (χ3n) is 5.56. The van der Waals surface area contributed by atoms with Crippen molar-refractivity contribution in [3.63, 3.8) is 0 Å². The molecule has 2 aliphatic rings. The standard InChI is InChI=1S/C20H21ClN2O.ClH/c1-14(19(24)22-18-5-3-2-4-6-18)23-12-16-11-20(16,13-23)15-7-9-17(21)10-8-15;/h2-10,14,16H,11-13H2,1H3,(H,22,24);1H. The second-order valence-electron chi connectivity index (χ2n) is 7.02. The Bertz CT molecular complexity index is 750. The van der Waals surface area contributed by atoms with Gasteiger partial charge in [0.1, 0.15) is 0 Å². The first-order chi connectivity index (χ1) is 11.6. The van der Waals surface area contributed by atoms with Gasteiger partial charge in [0.25, 0.3) is 0 Å². The monoisotopic (exact) mass is 376 g/mol. The molecule has 132 valence electrons. The molecule has 3 unspecified atom stereocenters. The summed E-state index contributed by atoms with van der Waals surface area (Å²) in [7, 11) is 0. The van der Waals surface area contributed by atoms with Crippen LogP contribution in [-0.4, -0.2) is 29.9 Å². The number of piperidine rings is 1. The van der Waals surface area contributed by atoms with E-state index in [9.17, 15) is 4.79 Å². The zero-order valence-corrected chi connectivity index (χ0v) is 15.7. The Balaban J connectivity index is 0.00000182. The molecule has 1 amide bonds. The molecule has 1 aliphatic carbocycles. The van der Waals surface area contributed by atoms with Gasteiger partial charge >= 0.3 is 0 Å². The van der Waals surface area contributed by atoms with E-state index >= 15 is 0 Å². The summed E-state index contributed by atoms with van der Waals surface area (Å²) in [5, 5.41) is 3.79. The van der Waals surface area contributed by atoms with Crippen molar-refractivity contribution >= 4 is 35.6 Å². The van der Waals surface area contributed by atoms with Gasteiger partial charge in [0, 0.05) is 29.2 Å². The highest BCUT2D eigenvalue weighted by Gasteiger charge is 2.61. The summed E-state index contributed by atoms with van der Waals surface area (Å²) in [6.07, 6.45) is 1.22. The Hall–Kier alpha value is -1.55. The Morgan fingerprint density at radius 2 is 1.88 bits per heavy atom. The molecule has 0 spiro atoms. The normalized spacial score (nSPS) is 25.6. The number of benzene rings is 2. The Morgan fingerprint density at radius 1 is 1.20 bits per heavy atom. The zero-order chi connectivity index (χ0) is 16.7. The molecule has 0 radical (unpaired) electrons. The number of carbonyl (C=O) groups is 1. The fourth-order valence-electron chi connectivity index (χ4n) is 3.98. The summed E-state index contributed by atoms with van der Waals surface area (Å²) >= 11 is 6.01. The lowest BCUT2D eigenvalue weighted by molar-refractivity contribution is -0.120. The summed E-state index contributed by atoms with van der Waals surface area (Å²) in [6, 6.07) is 17.7. The maximum Gasteiger partial charge on any atom is 0.241 e. The van der Waals surface area contributed by atoms with Crippen LogP contribution in [0.25, 0.3) is 0 Å². The lowest BCUT2D eigenvalue weighted by Gasteiger charge is -2.26. The van der Waals surface area contributed by atoms with Gasteiger partial charge in [-0.1, -0.05) is 41.9 Å². The molecule has 1 saturated heterocycles. The first-order valence-electron chi connectivity index (χ1n) is 8.44. The minimum Gasteiger partial charge on any atom is -0.325 e. The van der Waals surface area contributed by atoms with Crippen LogP contribution in [-0.2, 0) is 10.2 Å². The molecule has 1 aliphatic heterocycles. The van der Waals surface area contributed by atoms with Gasteiger partial charge in [0.05, 0.1) is 6.04 Å². The SMILES string of the molecule is CC(C(=O)Nc1ccccc1)N1CC2CC2(c2ccc(Cl)cc2)C1.Cl. The topological polar surface area (TPSA) is 32.3 Å². The minimum absolute atomic E-state index is 0. The molecule has 5 heteroatoms. The van der Waals surface area contributed by atoms with Crippen molar-refractivity contribution in [3.05, 3.63) is 65.2 Å². The van der Waals surface area contributed by atoms with Gasteiger partial charge in [-0.3, -0.25) is 9.69 Å². The average molecular weight is 377 g/mol. The van der Waals surface area contributed by atoms with Gasteiger partial charge in [-0.05, 0) is 49.1 Å². The Labute approximate surface area is 159 Å². The Morgan fingerprint density at radius 3 is 2.56 bits per heavy atom. The molecule has 1 heterocycles. The molecule has 1 N–H and O–H groups in total. The minimum atomic E-state index is -0.123. The van der Waals surface area contributed by atoms with Crippen LogP contribution >= 0.6 is 24.0 Å². The third kappa shape index (κ3) is 3.41. The second-order valence-corrected chi connectivity index (χ2v) is 7.46. The fraction of sp³-hybridized carbons (Fsp3) is 0.350. The van der Waals surface area contributed by atoms with Crippen molar-refractivity contribution in [2.45, 2.75) is 24.8 Å². The molecule has 0 bridgehead atoms. The van der Waals surface area contributed by atoms with E-state index in [1.807, 2.05) is 49.4 Å². The van der Waals surface area contributed by atoms with Crippen LogP contribution in [0.4, 0.5) is 5.69 Å². The number of nitrogens with zero attached hydrogens (tertiary/aromatic N) is 1. The Kier molecular flexibility index (Phi) is 5.10. The summed E-state index contributed by atoms with van der Waals surface area (Å²) in [6.45, 7) is 3.94. The lowest BCUT2D eigenvalue weighted by atomic mass is 9.95. The first kappa shape index (κ1) is 18.2. The van der Waals surface area contributed by atoms with Crippen LogP contribution in [0, 0.1) is 5.92 Å². The third-order valence-corrected chi connectivity index (χ3v) is 5.81. The van der Waals surface area contributed by atoms with E-state index in [1.54, 1.807) is 0 Å². The summed E-state index contributed by atoms with van der Waals surface area (Å²) in [5.74, 6) is 0.722. The van der Waals surface area contributed by atoms with Crippen molar-refractivity contribution < 1.29 is 4.79 Å². The van der Waals surface area contributed by atoms with Gasteiger partial charge in [-0.15, -0.1) is 12.4 Å². The number of nitrogens with one attached hydrogen (secondary N) is 1. The highest BCUT2D eigenvalue weighted by Crippen LogP contribution is 2.59. The van der Waals surface area contributed by atoms with Crippen molar-refractivity contribution in [2.75, 3.05) is 18.4 Å². The van der Waals surface area contributed by atoms with Crippen molar-refractivity contribution in [1.82, 2.24) is 4.90 Å². The molecule has 1 saturated carbocycles. The van der Waals surface area contributed by atoms with Gasteiger partial charge in [-0.25, -0.2) is 0 Å². The molecule has 4 rings (SSSR count).